The van der Waals surface area contributed by atoms with Gasteiger partial charge in [0, 0.05) is 32.5 Å². The average Bonchev–Trinajstić information content (AvgIpc) is 3.12. The number of halogens is 2. The quantitative estimate of drug-likeness (QED) is 0.475. The van der Waals surface area contributed by atoms with Crippen molar-refractivity contribution >= 4 is 34.9 Å². The van der Waals surface area contributed by atoms with Gasteiger partial charge in [0.25, 0.3) is 0 Å². The van der Waals surface area contributed by atoms with Crippen molar-refractivity contribution in [2.75, 3.05) is 6.61 Å². The second-order valence-electron chi connectivity index (χ2n) is 6.92. The van der Waals surface area contributed by atoms with Crippen molar-refractivity contribution in [2.45, 2.75) is 32.4 Å². The highest BCUT2D eigenvalue weighted by Crippen LogP contribution is 2.30. The van der Waals surface area contributed by atoms with Crippen LogP contribution in [0.4, 0.5) is 4.39 Å². The molecule has 8 heteroatoms. The molecule has 128 valence electrons. The van der Waals surface area contributed by atoms with Crippen molar-refractivity contribution in [3.05, 3.63) is 34.8 Å². The number of aromatic nitrogens is 4. The molecule has 3 rings (SSSR count). The molecular formula is C16H20BrFN4OSi. The number of H-pyrrole nitrogens is 1. The lowest BCUT2D eigenvalue weighted by molar-refractivity contribution is 0.0882. The van der Waals surface area contributed by atoms with E-state index in [1.54, 1.807) is 12.3 Å². The molecule has 0 radical (unpaired) electrons. The van der Waals surface area contributed by atoms with Gasteiger partial charge in [-0.25, -0.2) is 9.37 Å². The van der Waals surface area contributed by atoms with Crippen LogP contribution in [0.1, 0.15) is 0 Å². The van der Waals surface area contributed by atoms with Crippen LogP contribution in [0.2, 0.25) is 25.7 Å². The smallest absolute Gasteiger partial charge is 0.165 e. The van der Waals surface area contributed by atoms with E-state index in [4.69, 9.17) is 4.74 Å². The summed E-state index contributed by atoms with van der Waals surface area (Å²) in [6.45, 7) is 8.12. The van der Waals surface area contributed by atoms with E-state index in [0.717, 1.165) is 12.7 Å². The topological polar surface area (TPSA) is 55.7 Å². The van der Waals surface area contributed by atoms with E-state index in [9.17, 15) is 4.39 Å². The van der Waals surface area contributed by atoms with Crippen LogP contribution in [0.15, 0.2) is 29.0 Å². The second kappa shape index (κ2) is 6.77. The van der Waals surface area contributed by atoms with Gasteiger partial charge in [-0.2, -0.15) is 5.10 Å². The zero-order valence-corrected chi connectivity index (χ0v) is 16.5. The third kappa shape index (κ3) is 3.60. The van der Waals surface area contributed by atoms with Crippen LogP contribution in [-0.2, 0) is 11.5 Å². The van der Waals surface area contributed by atoms with Gasteiger partial charge in [0.1, 0.15) is 17.9 Å². The summed E-state index contributed by atoms with van der Waals surface area (Å²) in [6.07, 6.45) is 3.56. The Morgan fingerprint density at radius 3 is 2.88 bits per heavy atom. The van der Waals surface area contributed by atoms with Crippen molar-refractivity contribution in [3.63, 3.8) is 0 Å². The monoisotopic (exact) mass is 410 g/mol. The molecule has 0 atom stereocenters. The number of imidazole rings is 1. The fourth-order valence-electron chi connectivity index (χ4n) is 2.38. The van der Waals surface area contributed by atoms with Gasteiger partial charge in [-0.3, -0.25) is 5.10 Å². The first-order chi connectivity index (χ1) is 11.4. The van der Waals surface area contributed by atoms with Gasteiger partial charge < -0.3 is 9.30 Å². The molecule has 0 aliphatic rings. The van der Waals surface area contributed by atoms with Crippen LogP contribution >= 0.6 is 15.9 Å². The molecule has 5 nitrogen and oxygen atoms in total. The fourth-order valence-corrected chi connectivity index (χ4v) is 3.45. The maximum Gasteiger partial charge on any atom is 0.165 e. The van der Waals surface area contributed by atoms with Gasteiger partial charge in [0.15, 0.2) is 11.6 Å². The van der Waals surface area contributed by atoms with Crippen molar-refractivity contribution in [1.82, 2.24) is 19.7 Å². The summed E-state index contributed by atoms with van der Waals surface area (Å²) < 4.78 is 22.2. The SMILES string of the molecule is C[Si](C)(C)CCOCn1ccnc1-c1[nH]nc2c(F)c(Br)ccc12. The Morgan fingerprint density at radius 1 is 1.33 bits per heavy atom. The van der Waals surface area contributed by atoms with Gasteiger partial charge in [-0.05, 0) is 34.1 Å². The molecule has 0 aliphatic carbocycles. The molecule has 0 fully saturated rings. The van der Waals surface area contributed by atoms with Crippen LogP contribution in [0.3, 0.4) is 0 Å². The Balaban J connectivity index is 1.82. The minimum atomic E-state index is -1.11. The van der Waals surface area contributed by atoms with Crippen molar-refractivity contribution in [3.8, 4) is 11.5 Å². The van der Waals surface area contributed by atoms with E-state index >= 15 is 0 Å². The standard InChI is InChI=1S/C16H20BrFN4OSi/c1-24(2,3)9-8-23-10-22-7-6-19-16(22)15-11-4-5-12(17)13(18)14(11)20-21-15/h4-7H,8-10H2,1-3H3,(H,20,21). The predicted molar refractivity (Wildman–Crippen MR) is 99.1 cm³/mol. The Labute approximate surface area is 149 Å². The Morgan fingerprint density at radius 2 is 2.12 bits per heavy atom. The molecule has 24 heavy (non-hydrogen) atoms. The lowest BCUT2D eigenvalue weighted by Gasteiger charge is -2.16. The zero-order valence-electron chi connectivity index (χ0n) is 13.9. The van der Waals surface area contributed by atoms with Crippen molar-refractivity contribution in [2.24, 2.45) is 0 Å². The summed E-state index contributed by atoms with van der Waals surface area (Å²) in [4.78, 5) is 4.37. The maximum atomic E-state index is 14.1. The van der Waals surface area contributed by atoms with Crippen LogP contribution < -0.4 is 0 Å². The summed E-state index contributed by atoms with van der Waals surface area (Å²) in [5.41, 5.74) is 0.990. The molecule has 0 unspecified atom stereocenters. The molecule has 2 heterocycles. The Kier molecular flexibility index (Phi) is 4.89. The molecule has 1 N–H and O–H groups in total. The number of aromatic amines is 1. The predicted octanol–water partition coefficient (Wildman–Crippen LogP) is 4.64. The molecule has 0 bridgehead atoms. The molecule has 0 aliphatic heterocycles. The first kappa shape index (κ1) is 17.3. The summed E-state index contributed by atoms with van der Waals surface area (Å²) in [7, 11) is -1.11. The number of hydrogen-bond donors (Lipinski definition) is 1. The lowest BCUT2D eigenvalue weighted by atomic mass is 10.2. The highest BCUT2D eigenvalue weighted by molar-refractivity contribution is 9.10. The fraction of sp³-hybridized carbons (Fsp3) is 0.375. The first-order valence-electron chi connectivity index (χ1n) is 7.78. The van der Waals surface area contributed by atoms with E-state index < -0.39 is 8.07 Å². The minimum absolute atomic E-state index is 0.300. The Hall–Kier alpha value is -1.51. The van der Waals surface area contributed by atoms with Gasteiger partial charge in [-0.1, -0.05) is 19.6 Å². The van der Waals surface area contributed by atoms with Gasteiger partial charge in [-0.15, -0.1) is 0 Å². The number of benzene rings is 1. The van der Waals surface area contributed by atoms with Crippen LogP contribution in [0.25, 0.3) is 22.4 Å². The molecule has 0 saturated heterocycles. The third-order valence-electron chi connectivity index (χ3n) is 3.78. The number of ether oxygens (including phenoxy) is 1. The molecule has 0 amide bonds. The van der Waals surface area contributed by atoms with Gasteiger partial charge in [0.05, 0.1) is 4.47 Å². The normalized spacial score (nSPS) is 12.2. The summed E-state index contributed by atoms with van der Waals surface area (Å²) >= 11 is 3.18. The van der Waals surface area contributed by atoms with Gasteiger partial charge in [0.2, 0.25) is 0 Å². The maximum absolute atomic E-state index is 14.1. The molecule has 1 aromatic carbocycles. The van der Waals surface area contributed by atoms with E-state index in [1.165, 1.54) is 0 Å². The molecule has 2 aromatic heterocycles. The highest BCUT2D eigenvalue weighted by Gasteiger charge is 2.17. The van der Waals surface area contributed by atoms with Crippen molar-refractivity contribution in [1.29, 1.82) is 0 Å². The summed E-state index contributed by atoms with van der Waals surface area (Å²) in [6, 6.07) is 4.62. The largest absolute Gasteiger partial charge is 0.361 e. The molecule has 3 aromatic rings. The van der Waals surface area contributed by atoms with E-state index in [-0.39, 0.29) is 5.82 Å². The number of rotatable bonds is 6. The molecule has 0 spiro atoms. The molecule has 0 saturated carbocycles. The van der Waals surface area contributed by atoms with Crippen molar-refractivity contribution < 1.29 is 9.13 Å². The minimum Gasteiger partial charge on any atom is -0.361 e. The van der Waals surface area contributed by atoms with Gasteiger partial charge >= 0.3 is 0 Å². The number of hydrogen-bond acceptors (Lipinski definition) is 3. The van der Waals surface area contributed by atoms with Crippen LogP contribution in [0.5, 0.6) is 0 Å². The van der Waals surface area contributed by atoms with E-state index in [0.29, 0.717) is 33.6 Å². The number of nitrogens with one attached hydrogen (secondary N) is 1. The number of nitrogens with zero attached hydrogens (tertiary/aromatic N) is 3. The van der Waals surface area contributed by atoms with E-state index in [1.807, 2.05) is 16.8 Å². The number of fused-ring (bicyclic) bond motifs is 1. The summed E-state index contributed by atoms with van der Waals surface area (Å²) in [5, 5.41) is 7.68. The zero-order chi connectivity index (χ0) is 17.3. The molecular weight excluding hydrogens is 391 g/mol. The second-order valence-corrected chi connectivity index (χ2v) is 13.4. The highest BCUT2D eigenvalue weighted by atomic mass is 79.9. The average molecular weight is 411 g/mol. The third-order valence-corrected chi connectivity index (χ3v) is 6.10. The van der Waals surface area contributed by atoms with Crippen LogP contribution in [-0.4, -0.2) is 34.4 Å². The van der Waals surface area contributed by atoms with E-state index in [2.05, 4.69) is 50.8 Å². The summed E-state index contributed by atoms with van der Waals surface area (Å²) in [5.74, 6) is 0.312. The lowest BCUT2D eigenvalue weighted by Crippen LogP contribution is -2.22. The first-order valence-corrected chi connectivity index (χ1v) is 12.3. The van der Waals surface area contributed by atoms with Crippen LogP contribution in [0, 0.1) is 5.82 Å². The Bertz CT molecular complexity index is 855.